The van der Waals surface area contributed by atoms with Gasteiger partial charge >= 0.3 is 0 Å². The molecule has 4 nitrogen and oxygen atoms in total. The molecule has 0 radical (unpaired) electrons. The van der Waals surface area contributed by atoms with Gasteiger partial charge in [-0.1, -0.05) is 54.6 Å². The molecule has 1 aliphatic heterocycles. The van der Waals surface area contributed by atoms with Gasteiger partial charge in [-0.25, -0.2) is 0 Å². The van der Waals surface area contributed by atoms with E-state index in [1.807, 2.05) is 53.4 Å². The van der Waals surface area contributed by atoms with Gasteiger partial charge in [-0.2, -0.15) is 0 Å². The van der Waals surface area contributed by atoms with Gasteiger partial charge in [0.2, 0.25) is 5.91 Å². The van der Waals surface area contributed by atoms with Crippen molar-refractivity contribution in [3.05, 3.63) is 95.6 Å². The number of aryl methyl sites for hydroxylation is 1. The van der Waals surface area contributed by atoms with Crippen LogP contribution in [0.25, 0.3) is 0 Å². The normalized spacial score (nSPS) is 14.4. The van der Waals surface area contributed by atoms with Gasteiger partial charge in [0.25, 0.3) is 0 Å². The first-order chi connectivity index (χ1) is 14.6. The third-order valence-electron chi connectivity index (χ3n) is 5.42. The molecule has 1 aliphatic rings. The minimum Gasteiger partial charge on any atom is -0.352 e. The molecule has 0 aromatic heterocycles. The molecular weight excluding hydrogens is 390 g/mol. The van der Waals surface area contributed by atoms with Crippen molar-refractivity contribution in [1.82, 2.24) is 5.32 Å². The van der Waals surface area contributed by atoms with E-state index in [0.717, 1.165) is 29.9 Å². The molecule has 0 unspecified atom stereocenters. The van der Waals surface area contributed by atoms with E-state index in [0.29, 0.717) is 11.5 Å². The molecule has 1 heterocycles. The molecule has 30 heavy (non-hydrogen) atoms. The Balaban J connectivity index is 1.49. The van der Waals surface area contributed by atoms with Crippen LogP contribution in [0.2, 0.25) is 0 Å². The van der Waals surface area contributed by atoms with Crippen molar-refractivity contribution in [3.8, 4) is 0 Å². The van der Waals surface area contributed by atoms with Gasteiger partial charge in [-0.3, -0.25) is 4.79 Å². The van der Waals surface area contributed by atoms with Crippen LogP contribution in [0, 0.1) is 6.92 Å². The fourth-order valence-corrected chi connectivity index (χ4v) is 4.08. The molecule has 2 N–H and O–H groups in total. The zero-order valence-corrected chi connectivity index (χ0v) is 17.8. The molecule has 1 atom stereocenters. The number of thiocarbonyl (C=S) groups is 1. The van der Waals surface area contributed by atoms with Crippen molar-refractivity contribution in [1.29, 1.82) is 0 Å². The lowest BCUT2D eigenvalue weighted by atomic mass is 9.95. The highest BCUT2D eigenvalue weighted by molar-refractivity contribution is 7.80. The van der Waals surface area contributed by atoms with Gasteiger partial charge in [-0.05, 0) is 66.5 Å². The Labute approximate surface area is 182 Å². The summed E-state index contributed by atoms with van der Waals surface area (Å²) < 4.78 is 0. The maximum atomic E-state index is 11.9. The molecular formula is C25H25N3OS. The van der Waals surface area contributed by atoms with Crippen LogP contribution in [0.4, 0.5) is 11.4 Å². The fourth-order valence-electron chi connectivity index (χ4n) is 3.84. The van der Waals surface area contributed by atoms with Crippen molar-refractivity contribution < 1.29 is 4.79 Å². The van der Waals surface area contributed by atoms with Gasteiger partial charge in [0.15, 0.2) is 5.11 Å². The van der Waals surface area contributed by atoms with Crippen LogP contribution < -0.4 is 15.5 Å². The van der Waals surface area contributed by atoms with Crippen molar-refractivity contribution in [3.63, 3.8) is 0 Å². The first-order valence-corrected chi connectivity index (χ1v) is 10.6. The lowest BCUT2D eigenvalue weighted by Gasteiger charge is -2.23. The summed E-state index contributed by atoms with van der Waals surface area (Å²) in [6.45, 7) is 2.91. The summed E-state index contributed by atoms with van der Waals surface area (Å²) >= 11 is 5.63. The smallest absolute Gasteiger partial charge is 0.227 e. The molecule has 1 fully saturated rings. The predicted octanol–water partition coefficient (Wildman–Crippen LogP) is 5.20. The Morgan fingerprint density at radius 2 is 1.67 bits per heavy atom. The number of anilines is 2. The molecule has 3 aromatic rings. The minimum absolute atomic E-state index is 0.0473. The second-order valence-electron chi connectivity index (χ2n) is 7.49. The Morgan fingerprint density at radius 3 is 2.33 bits per heavy atom. The molecule has 1 saturated heterocycles. The van der Waals surface area contributed by atoms with Gasteiger partial charge in [0.05, 0.1) is 6.04 Å². The SMILES string of the molecule is Cc1ccccc1[C@@H](NC(=S)Nc1ccc(N2CCCC2=O)cc1)c1ccccc1. The molecule has 152 valence electrons. The van der Waals surface area contributed by atoms with Crippen LogP contribution in [0.1, 0.15) is 35.6 Å². The van der Waals surface area contributed by atoms with Crippen LogP contribution >= 0.6 is 12.2 Å². The highest BCUT2D eigenvalue weighted by Crippen LogP contribution is 2.26. The highest BCUT2D eigenvalue weighted by Gasteiger charge is 2.21. The van der Waals surface area contributed by atoms with Crippen molar-refractivity contribution in [2.75, 3.05) is 16.8 Å². The van der Waals surface area contributed by atoms with Gasteiger partial charge in [0.1, 0.15) is 0 Å². The maximum absolute atomic E-state index is 11.9. The fraction of sp³-hybridized carbons (Fsp3) is 0.200. The largest absolute Gasteiger partial charge is 0.352 e. The zero-order chi connectivity index (χ0) is 20.9. The van der Waals surface area contributed by atoms with Crippen molar-refractivity contribution in [2.45, 2.75) is 25.8 Å². The van der Waals surface area contributed by atoms with Crippen LogP contribution in [0.5, 0.6) is 0 Å². The van der Waals surface area contributed by atoms with E-state index in [9.17, 15) is 4.79 Å². The number of hydrogen-bond acceptors (Lipinski definition) is 2. The summed E-state index contributed by atoms with van der Waals surface area (Å²) in [4.78, 5) is 13.8. The van der Waals surface area contributed by atoms with E-state index >= 15 is 0 Å². The number of amides is 1. The second-order valence-corrected chi connectivity index (χ2v) is 7.90. The van der Waals surface area contributed by atoms with E-state index in [1.54, 1.807) is 0 Å². The summed E-state index contributed by atoms with van der Waals surface area (Å²) in [6, 6.07) is 26.4. The summed E-state index contributed by atoms with van der Waals surface area (Å²) in [5.41, 5.74) is 5.37. The van der Waals surface area contributed by atoms with Crippen LogP contribution in [0.3, 0.4) is 0 Å². The third kappa shape index (κ3) is 4.52. The zero-order valence-electron chi connectivity index (χ0n) is 17.0. The number of carbonyl (C=O) groups is 1. The second kappa shape index (κ2) is 9.09. The maximum Gasteiger partial charge on any atom is 0.227 e. The topological polar surface area (TPSA) is 44.4 Å². The van der Waals surface area contributed by atoms with Crippen LogP contribution in [-0.4, -0.2) is 17.6 Å². The monoisotopic (exact) mass is 415 g/mol. The summed E-state index contributed by atoms with van der Waals surface area (Å²) in [6.07, 6.45) is 1.56. The van der Waals surface area contributed by atoms with E-state index < -0.39 is 0 Å². The van der Waals surface area contributed by atoms with E-state index in [4.69, 9.17) is 12.2 Å². The summed E-state index contributed by atoms with van der Waals surface area (Å²) in [7, 11) is 0. The standard InChI is InChI=1S/C25H25N3OS/c1-18-8-5-6-11-22(18)24(19-9-3-2-4-10-19)27-25(30)26-20-13-15-21(16-14-20)28-17-7-12-23(28)29/h2-6,8-11,13-16,24H,7,12,17H2,1H3,(H2,26,27,30)/t24-/m0/s1. The van der Waals surface area contributed by atoms with E-state index in [2.05, 4.69) is 47.9 Å². The average molecular weight is 416 g/mol. The predicted molar refractivity (Wildman–Crippen MR) is 127 cm³/mol. The van der Waals surface area contributed by atoms with E-state index in [1.165, 1.54) is 11.1 Å². The lowest BCUT2D eigenvalue weighted by Crippen LogP contribution is -2.33. The van der Waals surface area contributed by atoms with Gasteiger partial charge in [0, 0.05) is 24.3 Å². The van der Waals surface area contributed by atoms with Crippen LogP contribution in [0.15, 0.2) is 78.9 Å². The van der Waals surface area contributed by atoms with Crippen molar-refractivity contribution >= 4 is 34.6 Å². The van der Waals surface area contributed by atoms with Gasteiger partial charge < -0.3 is 15.5 Å². The molecule has 4 rings (SSSR count). The Morgan fingerprint density at radius 1 is 0.967 bits per heavy atom. The lowest BCUT2D eigenvalue weighted by molar-refractivity contribution is -0.117. The number of nitrogens with one attached hydrogen (secondary N) is 2. The molecule has 0 bridgehead atoms. The Hall–Kier alpha value is -3.18. The van der Waals surface area contributed by atoms with Gasteiger partial charge in [-0.15, -0.1) is 0 Å². The number of nitrogens with zero attached hydrogens (tertiary/aromatic N) is 1. The molecule has 0 saturated carbocycles. The molecule has 3 aromatic carbocycles. The number of carbonyl (C=O) groups excluding carboxylic acids is 1. The molecule has 0 spiro atoms. The Kier molecular flexibility index (Phi) is 6.10. The van der Waals surface area contributed by atoms with Crippen LogP contribution in [-0.2, 0) is 4.79 Å². The highest BCUT2D eigenvalue weighted by atomic mass is 32.1. The number of hydrogen-bond donors (Lipinski definition) is 2. The molecule has 0 aliphatic carbocycles. The van der Waals surface area contributed by atoms with Crippen molar-refractivity contribution in [2.24, 2.45) is 0 Å². The number of benzene rings is 3. The first kappa shape index (κ1) is 20.1. The molecule has 5 heteroatoms. The Bertz CT molecular complexity index is 1030. The molecule has 1 amide bonds. The van der Waals surface area contributed by atoms with E-state index in [-0.39, 0.29) is 11.9 Å². The summed E-state index contributed by atoms with van der Waals surface area (Å²) in [5, 5.41) is 7.30. The first-order valence-electron chi connectivity index (χ1n) is 10.2. The third-order valence-corrected chi connectivity index (χ3v) is 5.64. The number of rotatable bonds is 5. The quantitative estimate of drug-likeness (QED) is 0.563. The summed E-state index contributed by atoms with van der Waals surface area (Å²) in [5.74, 6) is 0.192. The minimum atomic E-state index is -0.0473. The average Bonchev–Trinajstić information content (AvgIpc) is 3.20.